The van der Waals surface area contributed by atoms with Gasteiger partial charge in [0.05, 0.1) is 14.2 Å². The molecule has 0 unspecified atom stereocenters. The summed E-state index contributed by atoms with van der Waals surface area (Å²) in [5.74, 6) is 2.55. The van der Waals surface area contributed by atoms with Gasteiger partial charge in [-0.25, -0.2) is 0 Å². The minimum Gasteiger partial charge on any atom is -0.493 e. The molecule has 0 aromatic heterocycles. The highest BCUT2D eigenvalue weighted by Gasteiger charge is 2.38. The molecule has 2 heteroatoms. The number of benzene rings is 3. The third kappa shape index (κ3) is 2.11. The van der Waals surface area contributed by atoms with Gasteiger partial charge in [0.15, 0.2) is 11.5 Å². The molecule has 3 aromatic carbocycles. The van der Waals surface area contributed by atoms with Gasteiger partial charge in [0.25, 0.3) is 0 Å². The SMILES string of the molecule is COc1cc2c(cc1OC)[C@@H]1c3ccccc3-c3ccccc3[C@@H]1CC2. The number of aryl methyl sites for hydroxylation is 1. The van der Waals surface area contributed by atoms with Crippen LogP contribution in [0.4, 0.5) is 0 Å². The largest absolute Gasteiger partial charge is 0.493 e. The summed E-state index contributed by atoms with van der Waals surface area (Å²) in [5, 5.41) is 0. The average molecular weight is 342 g/mol. The lowest BCUT2D eigenvalue weighted by Crippen LogP contribution is -2.24. The number of rotatable bonds is 2. The van der Waals surface area contributed by atoms with Crippen LogP contribution in [-0.4, -0.2) is 14.2 Å². The quantitative estimate of drug-likeness (QED) is 0.608. The van der Waals surface area contributed by atoms with E-state index < -0.39 is 0 Å². The first-order valence-corrected chi connectivity index (χ1v) is 9.25. The Morgan fingerprint density at radius 2 is 1.35 bits per heavy atom. The van der Waals surface area contributed by atoms with Gasteiger partial charge in [-0.15, -0.1) is 0 Å². The number of hydrogen-bond acceptors (Lipinski definition) is 2. The molecule has 0 saturated heterocycles. The minimum atomic E-state index is 0.379. The van der Waals surface area contributed by atoms with E-state index in [0.717, 1.165) is 17.9 Å². The van der Waals surface area contributed by atoms with E-state index >= 15 is 0 Å². The Labute approximate surface area is 154 Å². The van der Waals surface area contributed by atoms with Gasteiger partial charge in [0, 0.05) is 5.92 Å². The van der Waals surface area contributed by atoms with Crippen molar-refractivity contribution in [2.24, 2.45) is 0 Å². The topological polar surface area (TPSA) is 18.5 Å². The van der Waals surface area contributed by atoms with E-state index in [1.807, 2.05) is 0 Å². The minimum absolute atomic E-state index is 0.379. The van der Waals surface area contributed by atoms with Crippen LogP contribution in [0.25, 0.3) is 11.1 Å². The van der Waals surface area contributed by atoms with Gasteiger partial charge >= 0.3 is 0 Å². The third-order valence-corrected chi connectivity index (χ3v) is 6.05. The fourth-order valence-corrected chi connectivity index (χ4v) is 4.94. The predicted molar refractivity (Wildman–Crippen MR) is 104 cm³/mol. The summed E-state index contributed by atoms with van der Waals surface area (Å²) in [4.78, 5) is 0. The van der Waals surface area contributed by atoms with Crippen molar-refractivity contribution in [1.29, 1.82) is 0 Å². The van der Waals surface area contributed by atoms with Crippen LogP contribution >= 0.6 is 0 Å². The van der Waals surface area contributed by atoms with Crippen molar-refractivity contribution in [3.05, 3.63) is 82.9 Å². The zero-order chi connectivity index (χ0) is 17.7. The van der Waals surface area contributed by atoms with E-state index in [2.05, 4.69) is 60.7 Å². The van der Waals surface area contributed by atoms with Gasteiger partial charge in [-0.05, 0) is 64.3 Å². The van der Waals surface area contributed by atoms with Crippen molar-refractivity contribution < 1.29 is 9.47 Å². The molecule has 0 spiro atoms. The molecule has 5 rings (SSSR count). The molecule has 0 bridgehead atoms. The van der Waals surface area contributed by atoms with Crippen LogP contribution in [0.3, 0.4) is 0 Å². The molecule has 0 fully saturated rings. The van der Waals surface area contributed by atoms with Crippen molar-refractivity contribution in [2.45, 2.75) is 24.7 Å². The van der Waals surface area contributed by atoms with E-state index in [1.165, 1.54) is 39.8 Å². The van der Waals surface area contributed by atoms with Crippen molar-refractivity contribution in [3.8, 4) is 22.6 Å². The summed E-state index contributed by atoms with van der Waals surface area (Å²) in [6.45, 7) is 0. The molecule has 0 radical (unpaired) electrons. The standard InChI is InChI=1S/C24H22O2/c1-25-22-13-15-11-12-20-18-9-4-3-7-16(18)17-8-5-6-10-19(17)24(20)21(15)14-23(22)26-2/h3-10,13-14,20,24H,11-12H2,1-2H3/t20-,24+/m0/s1. The fraction of sp³-hybridized carbons (Fsp3) is 0.250. The average Bonchev–Trinajstić information content (AvgIpc) is 2.72. The Morgan fingerprint density at radius 1 is 0.731 bits per heavy atom. The molecule has 130 valence electrons. The molecule has 0 N–H and O–H groups in total. The van der Waals surface area contributed by atoms with Crippen LogP contribution in [0, 0.1) is 0 Å². The van der Waals surface area contributed by atoms with Crippen molar-refractivity contribution in [2.75, 3.05) is 14.2 Å². The van der Waals surface area contributed by atoms with Crippen LogP contribution in [0.2, 0.25) is 0 Å². The van der Waals surface area contributed by atoms with Gasteiger partial charge in [-0.1, -0.05) is 48.5 Å². The van der Waals surface area contributed by atoms with Gasteiger partial charge in [0.2, 0.25) is 0 Å². The molecule has 26 heavy (non-hydrogen) atoms. The summed E-state index contributed by atoms with van der Waals surface area (Å²) in [6.07, 6.45) is 2.24. The fourth-order valence-electron chi connectivity index (χ4n) is 4.94. The smallest absolute Gasteiger partial charge is 0.161 e. The first-order chi connectivity index (χ1) is 12.8. The molecular weight excluding hydrogens is 320 g/mol. The maximum Gasteiger partial charge on any atom is 0.161 e. The molecule has 0 heterocycles. The van der Waals surface area contributed by atoms with Crippen LogP contribution in [0.15, 0.2) is 60.7 Å². The van der Waals surface area contributed by atoms with Crippen molar-refractivity contribution in [3.63, 3.8) is 0 Å². The normalized spacial score (nSPS) is 19.6. The molecule has 0 saturated carbocycles. The number of ether oxygens (including phenoxy) is 2. The van der Waals surface area contributed by atoms with Crippen LogP contribution in [-0.2, 0) is 6.42 Å². The maximum atomic E-state index is 5.61. The molecule has 2 nitrogen and oxygen atoms in total. The number of methoxy groups -OCH3 is 2. The molecule has 0 amide bonds. The van der Waals surface area contributed by atoms with E-state index in [4.69, 9.17) is 9.47 Å². The van der Waals surface area contributed by atoms with Crippen LogP contribution in [0.1, 0.15) is 40.5 Å². The van der Waals surface area contributed by atoms with E-state index in [-0.39, 0.29) is 0 Å². The first kappa shape index (κ1) is 15.5. The number of hydrogen-bond donors (Lipinski definition) is 0. The first-order valence-electron chi connectivity index (χ1n) is 9.25. The summed E-state index contributed by atoms with van der Waals surface area (Å²) in [5.41, 5.74) is 8.46. The Bertz CT molecular complexity index is 989. The second kappa shape index (κ2) is 5.91. The second-order valence-electron chi connectivity index (χ2n) is 7.20. The third-order valence-electron chi connectivity index (χ3n) is 6.05. The summed E-state index contributed by atoms with van der Waals surface area (Å²) in [6, 6.07) is 22.2. The zero-order valence-electron chi connectivity index (χ0n) is 15.2. The van der Waals surface area contributed by atoms with Crippen LogP contribution in [0.5, 0.6) is 11.5 Å². The van der Waals surface area contributed by atoms with Gasteiger partial charge in [0.1, 0.15) is 0 Å². The van der Waals surface area contributed by atoms with E-state index in [1.54, 1.807) is 14.2 Å². The highest BCUT2D eigenvalue weighted by molar-refractivity contribution is 5.77. The highest BCUT2D eigenvalue weighted by atomic mass is 16.5. The zero-order valence-corrected chi connectivity index (χ0v) is 15.2. The molecule has 0 aliphatic heterocycles. The van der Waals surface area contributed by atoms with Gasteiger partial charge < -0.3 is 9.47 Å². The monoisotopic (exact) mass is 342 g/mol. The van der Waals surface area contributed by atoms with E-state index in [9.17, 15) is 0 Å². The molecule has 2 aliphatic carbocycles. The van der Waals surface area contributed by atoms with Gasteiger partial charge in [-0.2, -0.15) is 0 Å². The van der Waals surface area contributed by atoms with Crippen molar-refractivity contribution >= 4 is 0 Å². The Morgan fingerprint density at radius 3 is 2.08 bits per heavy atom. The second-order valence-corrected chi connectivity index (χ2v) is 7.20. The molecule has 3 aromatic rings. The summed E-state index contributed by atoms with van der Waals surface area (Å²) >= 11 is 0. The summed E-state index contributed by atoms with van der Waals surface area (Å²) < 4.78 is 11.2. The Hall–Kier alpha value is -2.74. The molecule has 2 atom stereocenters. The maximum absolute atomic E-state index is 5.61. The Kier molecular flexibility index (Phi) is 3.53. The van der Waals surface area contributed by atoms with Crippen molar-refractivity contribution in [1.82, 2.24) is 0 Å². The lowest BCUT2D eigenvalue weighted by molar-refractivity contribution is 0.352. The molecule has 2 aliphatic rings. The Balaban J connectivity index is 1.77. The van der Waals surface area contributed by atoms with Gasteiger partial charge in [-0.3, -0.25) is 0 Å². The molecular formula is C24H22O2. The number of fused-ring (bicyclic) bond motifs is 8. The lowest BCUT2D eigenvalue weighted by Gasteiger charge is -2.40. The predicted octanol–water partition coefficient (Wildman–Crippen LogP) is 5.55. The summed E-state index contributed by atoms with van der Waals surface area (Å²) in [7, 11) is 3.43. The highest BCUT2D eigenvalue weighted by Crippen LogP contribution is 2.55. The van der Waals surface area contributed by atoms with E-state index in [0.29, 0.717) is 11.8 Å². The lowest BCUT2D eigenvalue weighted by atomic mass is 9.63. The van der Waals surface area contributed by atoms with Crippen LogP contribution < -0.4 is 9.47 Å².